The Bertz CT molecular complexity index is 828. The summed E-state index contributed by atoms with van der Waals surface area (Å²) < 4.78 is 13.8. The van der Waals surface area contributed by atoms with E-state index in [4.69, 9.17) is 5.11 Å². The minimum atomic E-state index is -0.950. The van der Waals surface area contributed by atoms with Gasteiger partial charge in [0.2, 0.25) is 0 Å². The molecule has 1 aromatic carbocycles. The number of hydrogen-bond donors (Lipinski definition) is 1. The van der Waals surface area contributed by atoms with Crippen molar-refractivity contribution in [2.24, 2.45) is 0 Å². The van der Waals surface area contributed by atoms with Crippen LogP contribution in [0.25, 0.3) is 21.1 Å². The van der Waals surface area contributed by atoms with E-state index in [1.165, 1.54) is 34.8 Å². The summed E-state index contributed by atoms with van der Waals surface area (Å²) in [5.41, 5.74) is 1.79. The van der Waals surface area contributed by atoms with E-state index in [9.17, 15) is 9.18 Å². The van der Waals surface area contributed by atoms with Crippen molar-refractivity contribution in [2.45, 2.75) is 0 Å². The third kappa shape index (κ3) is 2.90. The lowest BCUT2D eigenvalue weighted by molar-refractivity contribution is 0.0697. The molecule has 0 radical (unpaired) electrons. The molecule has 0 bridgehead atoms. The van der Waals surface area contributed by atoms with Crippen LogP contribution in [0, 0.1) is 5.82 Å². The Labute approximate surface area is 135 Å². The summed E-state index contributed by atoms with van der Waals surface area (Å²) in [4.78, 5) is 16.2. The first-order valence-electron chi connectivity index (χ1n) is 5.78. The predicted octanol–water partition coefficient (Wildman–Crippen LogP) is 5.14. The van der Waals surface area contributed by atoms with Gasteiger partial charge in [-0.05, 0) is 40.2 Å². The standard InChI is InChI=1S/C14H7BrFNO2S2/c15-10-4-8(16)1-2-9(10)13-17-11(6-21-13)12-3-7(5-20-12)14(18)19/h1-6H,(H,18,19). The fourth-order valence-corrected chi connectivity index (χ4v) is 4.20. The number of rotatable bonds is 3. The molecule has 1 N–H and O–H groups in total. The van der Waals surface area contributed by atoms with Gasteiger partial charge in [-0.3, -0.25) is 0 Å². The van der Waals surface area contributed by atoms with E-state index in [0.29, 0.717) is 4.47 Å². The summed E-state index contributed by atoms with van der Waals surface area (Å²) in [6, 6.07) is 6.05. The number of aromatic carboxylic acids is 1. The van der Waals surface area contributed by atoms with E-state index in [2.05, 4.69) is 20.9 Å². The Morgan fingerprint density at radius 3 is 2.71 bits per heavy atom. The first kappa shape index (κ1) is 14.4. The number of carbonyl (C=O) groups is 1. The maximum atomic E-state index is 13.1. The molecule has 0 saturated carbocycles. The highest BCUT2D eigenvalue weighted by Crippen LogP contribution is 2.35. The molecule has 2 aromatic heterocycles. The zero-order valence-electron chi connectivity index (χ0n) is 10.3. The molecule has 2 heterocycles. The lowest BCUT2D eigenvalue weighted by Crippen LogP contribution is -1.91. The van der Waals surface area contributed by atoms with Crippen LogP contribution in [0.15, 0.2) is 39.5 Å². The number of hydrogen-bond acceptors (Lipinski definition) is 4. The number of thiazole rings is 1. The van der Waals surface area contributed by atoms with Crippen LogP contribution in [0.4, 0.5) is 4.39 Å². The molecule has 0 aliphatic carbocycles. The number of nitrogens with zero attached hydrogens (tertiary/aromatic N) is 1. The number of carboxylic acids is 1. The van der Waals surface area contributed by atoms with Crippen molar-refractivity contribution >= 4 is 44.6 Å². The Morgan fingerprint density at radius 2 is 2.05 bits per heavy atom. The topological polar surface area (TPSA) is 50.2 Å². The van der Waals surface area contributed by atoms with Crippen molar-refractivity contribution in [1.82, 2.24) is 4.98 Å². The Kier molecular flexibility index (Phi) is 3.88. The van der Waals surface area contributed by atoms with E-state index >= 15 is 0 Å². The molecule has 7 heteroatoms. The SMILES string of the molecule is O=C(O)c1csc(-c2csc(-c3ccc(F)cc3Br)n2)c1. The monoisotopic (exact) mass is 383 g/mol. The van der Waals surface area contributed by atoms with Gasteiger partial charge in [-0.25, -0.2) is 14.2 Å². The molecule has 0 amide bonds. The molecule has 21 heavy (non-hydrogen) atoms. The molecule has 3 aromatic rings. The van der Waals surface area contributed by atoms with Crippen LogP contribution in [-0.2, 0) is 0 Å². The zero-order valence-corrected chi connectivity index (χ0v) is 13.6. The van der Waals surface area contributed by atoms with Crippen molar-refractivity contribution in [2.75, 3.05) is 0 Å². The third-order valence-corrected chi connectivity index (χ3v) is 5.25. The van der Waals surface area contributed by atoms with Gasteiger partial charge >= 0.3 is 5.97 Å². The smallest absolute Gasteiger partial charge is 0.336 e. The number of halogens is 2. The first-order chi connectivity index (χ1) is 10.0. The summed E-state index contributed by atoms with van der Waals surface area (Å²) >= 11 is 6.09. The van der Waals surface area contributed by atoms with Crippen LogP contribution in [0.1, 0.15) is 10.4 Å². The van der Waals surface area contributed by atoms with Gasteiger partial charge in [0, 0.05) is 20.8 Å². The van der Waals surface area contributed by atoms with Crippen LogP contribution in [0.2, 0.25) is 0 Å². The molecule has 3 nitrogen and oxygen atoms in total. The second-order valence-corrected chi connectivity index (χ2v) is 6.79. The van der Waals surface area contributed by atoms with Crippen LogP contribution >= 0.6 is 38.6 Å². The fraction of sp³-hybridized carbons (Fsp3) is 0. The van der Waals surface area contributed by atoms with Crippen molar-refractivity contribution in [1.29, 1.82) is 0 Å². The van der Waals surface area contributed by atoms with Crippen LogP contribution in [0.5, 0.6) is 0 Å². The number of thiophene rings is 1. The highest BCUT2D eigenvalue weighted by atomic mass is 79.9. The quantitative estimate of drug-likeness (QED) is 0.681. The van der Waals surface area contributed by atoms with Crippen molar-refractivity contribution in [3.05, 3.63) is 50.9 Å². The fourth-order valence-electron chi connectivity index (χ4n) is 1.76. The molecule has 0 unspecified atom stereocenters. The maximum Gasteiger partial charge on any atom is 0.336 e. The predicted molar refractivity (Wildman–Crippen MR) is 85.5 cm³/mol. The van der Waals surface area contributed by atoms with E-state index < -0.39 is 5.97 Å². The highest BCUT2D eigenvalue weighted by Gasteiger charge is 2.13. The normalized spacial score (nSPS) is 10.8. The number of benzene rings is 1. The molecular weight excluding hydrogens is 377 g/mol. The summed E-state index contributed by atoms with van der Waals surface area (Å²) in [6.07, 6.45) is 0. The number of carboxylic acid groups (broad SMARTS) is 1. The second kappa shape index (κ2) is 5.67. The summed E-state index contributed by atoms with van der Waals surface area (Å²) in [7, 11) is 0. The molecule has 0 aliphatic rings. The Balaban J connectivity index is 1.97. The van der Waals surface area contributed by atoms with Gasteiger partial charge in [0.25, 0.3) is 0 Å². The summed E-state index contributed by atoms with van der Waals surface area (Å²) in [5, 5.41) is 13.1. The average molecular weight is 384 g/mol. The largest absolute Gasteiger partial charge is 0.478 e. The number of aromatic nitrogens is 1. The van der Waals surface area contributed by atoms with E-state index in [1.807, 2.05) is 5.38 Å². The molecule has 0 saturated heterocycles. The molecule has 3 rings (SSSR count). The summed E-state index contributed by atoms with van der Waals surface area (Å²) in [6.45, 7) is 0. The lowest BCUT2D eigenvalue weighted by atomic mass is 10.2. The van der Waals surface area contributed by atoms with E-state index in [-0.39, 0.29) is 11.4 Å². The molecule has 106 valence electrons. The van der Waals surface area contributed by atoms with Gasteiger partial charge in [0.15, 0.2) is 0 Å². The van der Waals surface area contributed by atoms with Gasteiger partial charge < -0.3 is 5.11 Å². The lowest BCUT2D eigenvalue weighted by Gasteiger charge is -2.00. The Morgan fingerprint density at radius 1 is 1.24 bits per heavy atom. The van der Waals surface area contributed by atoms with Gasteiger partial charge in [0.1, 0.15) is 10.8 Å². The van der Waals surface area contributed by atoms with Gasteiger partial charge in [-0.2, -0.15) is 0 Å². The Hall–Kier alpha value is -1.57. The van der Waals surface area contributed by atoms with E-state index in [0.717, 1.165) is 21.1 Å². The first-order valence-corrected chi connectivity index (χ1v) is 8.33. The van der Waals surface area contributed by atoms with Crippen LogP contribution in [-0.4, -0.2) is 16.1 Å². The molecule has 0 aliphatic heterocycles. The molecular formula is C14H7BrFNO2S2. The minimum Gasteiger partial charge on any atom is -0.478 e. The molecule has 0 fully saturated rings. The van der Waals surface area contributed by atoms with Crippen LogP contribution < -0.4 is 0 Å². The van der Waals surface area contributed by atoms with Crippen molar-refractivity contribution in [3.63, 3.8) is 0 Å². The average Bonchev–Trinajstić information content (AvgIpc) is 3.07. The summed E-state index contributed by atoms with van der Waals surface area (Å²) in [5.74, 6) is -1.26. The second-order valence-electron chi connectivity index (χ2n) is 4.17. The minimum absolute atomic E-state index is 0.257. The van der Waals surface area contributed by atoms with Crippen molar-refractivity contribution < 1.29 is 14.3 Å². The van der Waals surface area contributed by atoms with Crippen molar-refractivity contribution in [3.8, 4) is 21.1 Å². The highest BCUT2D eigenvalue weighted by molar-refractivity contribution is 9.10. The van der Waals surface area contributed by atoms with Gasteiger partial charge in [0.05, 0.1) is 16.1 Å². The third-order valence-electron chi connectivity index (χ3n) is 2.76. The van der Waals surface area contributed by atoms with Crippen LogP contribution in [0.3, 0.4) is 0 Å². The zero-order chi connectivity index (χ0) is 15.0. The van der Waals surface area contributed by atoms with E-state index in [1.54, 1.807) is 17.5 Å². The van der Waals surface area contributed by atoms with Gasteiger partial charge in [-0.15, -0.1) is 22.7 Å². The molecule has 0 spiro atoms. The van der Waals surface area contributed by atoms with Gasteiger partial charge in [-0.1, -0.05) is 0 Å². The maximum absolute atomic E-state index is 13.1. The molecule has 0 atom stereocenters.